The summed E-state index contributed by atoms with van der Waals surface area (Å²) in [4.78, 5) is 16.8. The number of carbonyl (C=O) groups excluding carboxylic acids is 1. The molecule has 4 rings (SSSR count). The van der Waals surface area contributed by atoms with Crippen molar-refractivity contribution in [3.63, 3.8) is 0 Å². The molecule has 0 unspecified atom stereocenters. The van der Waals surface area contributed by atoms with Crippen molar-refractivity contribution in [2.24, 2.45) is 0 Å². The van der Waals surface area contributed by atoms with Gasteiger partial charge >= 0.3 is 0 Å². The number of sulfonamides is 1. The van der Waals surface area contributed by atoms with Crippen LogP contribution in [0.5, 0.6) is 5.75 Å². The van der Waals surface area contributed by atoms with Gasteiger partial charge in [-0.25, -0.2) is 17.8 Å². The molecule has 0 bridgehead atoms. The van der Waals surface area contributed by atoms with E-state index in [1.807, 2.05) is 0 Å². The lowest BCUT2D eigenvalue weighted by Gasteiger charge is -2.26. The fourth-order valence-corrected chi connectivity index (χ4v) is 4.94. The first-order chi connectivity index (χ1) is 15.9. The summed E-state index contributed by atoms with van der Waals surface area (Å²) >= 11 is 0. The molecule has 0 spiro atoms. The molecule has 0 radical (unpaired) electrons. The van der Waals surface area contributed by atoms with Crippen LogP contribution in [0.25, 0.3) is 5.69 Å². The van der Waals surface area contributed by atoms with Crippen LogP contribution in [0.4, 0.5) is 4.39 Å². The van der Waals surface area contributed by atoms with Crippen LogP contribution in [0, 0.1) is 5.82 Å². The monoisotopic (exact) mass is 474 g/mol. The highest BCUT2D eigenvalue weighted by molar-refractivity contribution is 7.89. The lowest BCUT2D eigenvalue weighted by atomic mass is 10.1. The highest BCUT2D eigenvalue weighted by Gasteiger charge is 2.28. The number of ether oxygens (including phenoxy) is 2. The smallest absolute Gasteiger partial charge is 0.255 e. The van der Waals surface area contributed by atoms with E-state index in [4.69, 9.17) is 9.47 Å². The summed E-state index contributed by atoms with van der Waals surface area (Å²) in [5.41, 5.74) is 0.952. The van der Waals surface area contributed by atoms with Gasteiger partial charge < -0.3 is 19.4 Å². The van der Waals surface area contributed by atoms with E-state index >= 15 is 0 Å². The van der Waals surface area contributed by atoms with Crippen molar-refractivity contribution in [3.8, 4) is 11.4 Å². The third-order valence-corrected chi connectivity index (χ3v) is 7.17. The lowest BCUT2D eigenvalue weighted by molar-refractivity contribution is 0.0730. The number of nitrogens with one attached hydrogen (secondary N) is 1. The second-order valence-corrected chi connectivity index (χ2v) is 9.25. The number of aromatic nitrogens is 2. The molecular formula is C22H23FN4O5S. The van der Waals surface area contributed by atoms with E-state index in [-0.39, 0.29) is 35.8 Å². The van der Waals surface area contributed by atoms with Gasteiger partial charge in [-0.1, -0.05) is 6.07 Å². The van der Waals surface area contributed by atoms with Crippen LogP contribution in [0.15, 0.2) is 60.0 Å². The summed E-state index contributed by atoms with van der Waals surface area (Å²) in [6.07, 6.45) is 4.67. The second kappa shape index (κ2) is 9.69. The second-order valence-electron chi connectivity index (χ2n) is 7.32. The minimum Gasteiger partial charge on any atom is -0.496 e. The fraction of sp³-hybridized carbons (Fsp3) is 0.273. The number of hydrogen-bond acceptors (Lipinski definition) is 6. The maximum Gasteiger partial charge on any atom is 0.255 e. The minimum absolute atomic E-state index is 0.00826. The van der Waals surface area contributed by atoms with Crippen molar-refractivity contribution in [3.05, 3.63) is 72.1 Å². The number of morpholine rings is 1. The normalized spacial score (nSPS) is 14.7. The summed E-state index contributed by atoms with van der Waals surface area (Å²) in [5.74, 6) is -0.768. The Kier molecular flexibility index (Phi) is 6.72. The molecule has 2 heterocycles. The van der Waals surface area contributed by atoms with Gasteiger partial charge in [0.1, 0.15) is 11.6 Å². The van der Waals surface area contributed by atoms with E-state index < -0.39 is 21.7 Å². The molecule has 1 N–H and O–H groups in total. The first kappa shape index (κ1) is 22.9. The first-order valence-corrected chi connectivity index (χ1v) is 11.6. The van der Waals surface area contributed by atoms with Crippen LogP contribution in [-0.2, 0) is 21.3 Å². The molecule has 9 nitrogen and oxygen atoms in total. The van der Waals surface area contributed by atoms with Gasteiger partial charge in [0.2, 0.25) is 10.0 Å². The van der Waals surface area contributed by atoms with Gasteiger partial charge in [-0.2, -0.15) is 4.31 Å². The molecule has 33 heavy (non-hydrogen) atoms. The van der Waals surface area contributed by atoms with Crippen LogP contribution < -0.4 is 10.1 Å². The van der Waals surface area contributed by atoms with Gasteiger partial charge in [-0.05, 0) is 35.9 Å². The maximum atomic E-state index is 14.5. The third-order valence-electron chi connectivity index (χ3n) is 5.27. The highest BCUT2D eigenvalue weighted by atomic mass is 32.2. The SMILES string of the molecule is COc1ccc(S(=O)(=O)N2CCOCC2)cc1C(=O)NCc1ccc(-n2ccnc2)c(F)c1. The van der Waals surface area contributed by atoms with Gasteiger partial charge in [0, 0.05) is 32.0 Å². The average Bonchev–Trinajstić information content (AvgIpc) is 3.37. The van der Waals surface area contributed by atoms with E-state index in [0.29, 0.717) is 24.5 Å². The van der Waals surface area contributed by atoms with Crippen LogP contribution in [0.1, 0.15) is 15.9 Å². The molecule has 1 aromatic heterocycles. The number of benzene rings is 2. The molecule has 2 aromatic carbocycles. The third kappa shape index (κ3) is 4.90. The summed E-state index contributed by atoms with van der Waals surface area (Å²) in [6, 6.07) is 8.75. The summed E-state index contributed by atoms with van der Waals surface area (Å²) < 4.78 is 53.7. The molecule has 0 saturated carbocycles. The molecule has 1 saturated heterocycles. The number of carbonyl (C=O) groups is 1. The van der Waals surface area contributed by atoms with Crippen molar-refractivity contribution in [1.82, 2.24) is 19.2 Å². The number of nitrogens with zero attached hydrogens (tertiary/aromatic N) is 3. The zero-order chi connectivity index (χ0) is 23.4. The lowest BCUT2D eigenvalue weighted by Crippen LogP contribution is -2.40. The topological polar surface area (TPSA) is 103 Å². The predicted octanol–water partition coefficient (Wildman–Crippen LogP) is 1.97. The average molecular weight is 475 g/mol. The Morgan fingerprint density at radius 3 is 2.67 bits per heavy atom. The molecule has 0 atom stereocenters. The molecule has 3 aromatic rings. The Morgan fingerprint density at radius 2 is 2.00 bits per heavy atom. The molecule has 174 valence electrons. The predicted molar refractivity (Wildman–Crippen MR) is 117 cm³/mol. The number of hydrogen-bond donors (Lipinski definition) is 1. The van der Waals surface area contributed by atoms with Crippen LogP contribution in [0.2, 0.25) is 0 Å². The zero-order valence-electron chi connectivity index (χ0n) is 17.9. The number of imidazole rings is 1. The van der Waals surface area contributed by atoms with Gasteiger partial charge in [0.25, 0.3) is 5.91 Å². The largest absolute Gasteiger partial charge is 0.496 e. The Bertz CT molecular complexity index is 1240. The van der Waals surface area contributed by atoms with Crippen LogP contribution in [0.3, 0.4) is 0 Å². The van der Waals surface area contributed by atoms with Gasteiger partial charge in [-0.15, -0.1) is 0 Å². The molecule has 1 fully saturated rings. The molecule has 1 aliphatic rings. The van der Waals surface area contributed by atoms with Gasteiger partial charge in [0.15, 0.2) is 0 Å². The molecule has 0 aliphatic carbocycles. The summed E-state index contributed by atoms with van der Waals surface area (Å²) in [5, 5.41) is 2.70. The summed E-state index contributed by atoms with van der Waals surface area (Å²) in [7, 11) is -2.39. The van der Waals surface area contributed by atoms with E-state index in [2.05, 4.69) is 10.3 Å². The first-order valence-electron chi connectivity index (χ1n) is 10.2. The standard InChI is InChI=1S/C22H23FN4O5S/c1-31-21-5-3-17(33(29,30)27-8-10-32-11-9-27)13-18(21)22(28)25-14-16-2-4-20(19(23)12-16)26-7-6-24-15-26/h2-7,12-13,15H,8-11,14H2,1H3,(H,25,28). The van der Waals surface area contributed by atoms with E-state index in [9.17, 15) is 17.6 Å². The zero-order valence-corrected chi connectivity index (χ0v) is 18.7. The van der Waals surface area contributed by atoms with Crippen LogP contribution in [-0.4, -0.2) is 61.6 Å². The van der Waals surface area contributed by atoms with Gasteiger partial charge in [0.05, 0.1) is 42.8 Å². The van der Waals surface area contributed by atoms with E-state index in [1.54, 1.807) is 29.1 Å². The van der Waals surface area contributed by atoms with Crippen molar-refractivity contribution in [1.29, 1.82) is 0 Å². The van der Waals surface area contributed by atoms with Crippen molar-refractivity contribution in [2.75, 3.05) is 33.4 Å². The minimum atomic E-state index is -3.78. The Hall–Kier alpha value is -3.28. The van der Waals surface area contributed by atoms with E-state index in [1.165, 1.54) is 42.0 Å². The van der Waals surface area contributed by atoms with Crippen molar-refractivity contribution < 1.29 is 27.1 Å². The number of methoxy groups -OCH3 is 1. The molecule has 1 aliphatic heterocycles. The Morgan fingerprint density at radius 1 is 1.21 bits per heavy atom. The Balaban J connectivity index is 1.52. The molecular weight excluding hydrogens is 451 g/mol. The number of halogens is 1. The quantitative estimate of drug-likeness (QED) is 0.562. The van der Waals surface area contributed by atoms with Crippen LogP contribution >= 0.6 is 0 Å². The number of rotatable bonds is 7. The highest BCUT2D eigenvalue weighted by Crippen LogP contribution is 2.25. The van der Waals surface area contributed by atoms with Crippen molar-refractivity contribution in [2.45, 2.75) is 11.4 Å². The number of amides is 1. The summed E-state index contributed by atoms with van der Waals surface area (Å²) in [6.45, 7) is 1.18. The van der Waals surface area contributed by atoms with Crippen molar-refractivity contribution >= 4 is 15.9 Å². The molecule has 11 heteroatoms. The maximum absolute atomic E-state index is 14.5. The fourth-order valence-electron chi connectivity index (χ4n) is 3.51. The molecule has 1 amide bonds. The van der Waals surface area contributed by atoms with E-state index in [0.717, 1.165) is 0 Å². The van der Waals surface area contributed by atoms with Gasteiger partial charge in [-0.3, -0.25) is 4.79 Å². The Labute approximate surface area is 190 Å².